The predicted molar refractivity (Wildman–Crippen MR) is 52.4 cm³/mol. The van der Waals surface area contributed by atoms with Gasteiger partial charge in [-0.05, 0) is 13.3 Å². The summed E-state index contributed by atoms with van der Waals surface area (Å²) in [5.41, 5.74) is 5.63. The van der Waals surface area contributed by atoms with Crippen LogP contribution in [-0.2, 0) is 9.53 Å². The average Bonchev–Trinajstić information content (AvgIpc) is 2.17. The van der Waals surface area contributed by atoms with Crippen LogP contribution in [0.1, 0.15) is 20.3 Å². The normalized spacial score (nSPS) is 12.6. The number of hydrogen-bond donors (Lipinski definition) is 1. The summed E-state index contributed by atoms with van der Waals surface area (Å²) in [7, 11) is 1.62. The Labute approximate surface area is 80.0 Å². The van der Waals surface area contributed by atoms with Crippen molar-refractivity contribution in [3.63, 3.8) is 0 Å². The highest BCUT2D eigenvalue weighted by Gasteiger charge is 2.17. The van der Waals surface area contributed by atoms with E-state index >= 15 is 0 Å². The standard InChI is InChI=1S/C9H20N2O2/c1-4-8(10)9(12)11(5-2)6-7-13-3/h8H,4-7,10H2,1-3H3/t8-/m1/s1. The number of rotatable bonds is 6. The van der Waals surface area contributed by atoms with Crippen molar-refractivity contribution in [1.82, 2.24) is 4.90 Å². The smallest absolute Gasteiger partial charge is 0.239 e. The number of ether oxygens (including phenoxy) is 1. The fourth-order valence-electron chi connectivity index (χ4n) is 1.03. The summed E-state index contributed by atoms with van der Waals surface area (Å²) in [5, 5.41) is 0. The van der Waals surface area contributed by atoms with Gasteiger partial charge >= 0.3 is 0 Å². The Morgan fingerprint density at radius 1 is 1.54 bits per heavy atom. The van der Waals surface area contributed by atoms with Crippen LogP contribution in [0.15, 0.2) is 0 Å². The van der Waals surface area contributed by atoms with Gasteiger partial charge in [0.15, 0.2) is 0 Å². The molecule has 1 atom stereocenters. The molecule has 0 bridgehead atoms. The first-order chi connectivity index (χ1) is 6.17. The van der Waals surface area contributed by atoms with Crippen molar-refractivity contribution in [1.29, 1.82) is 0 Å². The number of carbonyl (C=O) groups excluding carboxylic acids is 1. The molecule has 0 aromatic rings. The van der Waals surface area contributed by atoms with Gasteiger partial charge in [0.1, 0.15) is 0 Å². The molecule has 0 aliphatic carbocycles. The van der Waals surface area contributed by atoms with E-state index in [4.69, 9.17) is 10.5 Å². The van der Waals surface area contributed by atoms with Crippen molar-refractivity contribution in [3.05, 3.63) is 0 Å². The fraction of sp³-hybridized carbons (Fsp3) is 0.889. The maximum atomic E-state index is 11.6. The minimum atomic E-state index is -0.364. The molecule has 1 amide bonds. The van der Waals surface area contributed by atoms with Gasteiger partial charge in [-0.2, -0.15) is 0 Å². The van der Waals surface area contributed by atoms with E-state index in [0.29, 0.717) is 26.1 Å². The van der Waals surface area contributed by atoms with Gasteiger partial charge < -0.3 is 15.4 Å². The Morgan fingerprint density at radius 3 is 2.54 bits per heavy atom. The molecule has 78 valence electrons. The van der Waals surface area contributed by atoms with Crippen molar-refractivity contribution < 1.29 is 9.53 Å². The molecular weight excluding hydrogens is 168 g/mol. The molecule has 0 saturated carbocycles. The Morgan fingerprint density at radius 2 is 2.15 bits per heavy atom. The van der Waals surface area contributed by atoms with E-state index in [1.54, 1.807) is 12.0 Å². The van der Waals surface area contributed by atoms with Crippen molar-refractivity contribution in [2.75, 3.05) is 26.8 Å². The average molecular weight is 188 g/mol. The van der Waals surface area contributed by atoms with Gasteiger partial charge in [0, 0.05) is 20.2 Å². The van der Waals surface area contributed by atoms with Crippen LogP contribution in [-0.4, -0.2) is 43.7 Å². The summed E-state index contributed by atoms with van der Waals surface area (Å²) in [6.45, 7) is 5.73. The molecule has 0 rings (SSSR count). The lowest BCUT2D eigenvalue weighted by molar-refractivity contribution is -0.133. The predicted octanol–water partition coefficient (Wildman–Crippen LogP) is 0.219. The molecule has 0 aliphatic heterocycles. The van der Waals surface area contributed by atoms with Gasteiger partial charge in [0.25, 0.3) is 0 Å². The van der Waals surface area contributed by atoms with Crippen molar-refractivity contribution >= 4 is 5.91 Å². The second kappa shape index (κ2) is 6.86. The lowest BCUT2D eigenvalue weighted by Crippen LogP contribution is -2.44. The number of methoxy groups -OCH3 is 1. The van der Waals surface area contributed by atoms with Gasteiger partial charge in [-0.3, -0.25) is 4.79 Å². The highest BCUT2D eigenvalue weighted by atomic mass is 16.5. The number of amides is 1. The highest BCUT2D eigenvalue weighted by molar-refractivity contribution is 5.81. The number of hydrogen-bond acceptors (Lipinski definition) is 3. The molecule has 0 spiro atoms. The summed E-state index contributed by atoms with van der Waals surface area (Å²) in [5.74, 6) is 0.0158. The van der Waals surface area contributed by atoms with Crippen molar-refractivity contribution in [2.45, 2.75) is 26.3 Å². The van der Waals surface area contributed by atoms with E-state index in [1.165, 1.54) is 0 Å². The fourth-order valence-corrected chi connectivity index (χ4v) is 1.03. The zero-order chi connectivity index (χ0) is 10.3. The molecule has 0 unspecified atom stereocenters. The summed E-state index contributed by atoms with van der Waals surface area (Å²) in [6, 6.07) is -0.364. The molecule has 4 nitrogen and oxygen atoms in total. The van der Waals surface area contributed by atoms with E-state index in [9.17, 15) is 4.79 Å². The number of nitrogens with two attached hydrogens (primary N) is 1. The van der Waals surface area contributed by atoms with Gasteiger partial charge in [0.05, 0.1) is 12.6 Å². The van der Waals surface area contributed by atoms with Gasteiger partial charge in [-0.15, -0.1) is 0 Å². The number of likely N-dealkylation sites (N-methyl/N-ethyl adjacent to an activating group) is 1. The maximum absolute atomic E-state index is 11.6. The molecule has 0 aliphatic rings. The molecule has 2 N–H and O–H groups in total. The van der Waals surface area contributed by atoms with Crippen molar-refractivity contribution in [2.24, 2.45) is 5.73 Å². The first-order valence-corrected chi connectivity index (χ1v) is 4.70. The van der Waals surface area contributed by atoms with E-state index < -0.39 is 0 Å². The molecular formula is C9H20N2O2. The Hall–Kier alpha value is -0.610. The van der Waals surface area contributed by atoms with Crippen LogP contribution in [0.5, 0.6) is 0 Å². The second-order valence-electron chi connectivity index (χ2n) is 2.93. The lowest BCUT2D eigenvalue weighted by atomic mass is 10.2. The quantitative estimate of drug-likeness (QED) is 0.648. The third-order valence-electron chi connectivity index (χ3n) is 2.02. The lowest BCUT2D eigenvalue weighted by Gasteiger charge is -2.23. The number of nitrogens with zero attached hydrogens (tertiary/aromatic N) is 1. The molecule has 4 heteroatoms. The van der Waals surface area contributed by atoms with Crippen LogP contribution in [0.25, 0.3) is 0 Å². The van der Waals surface area contributed by atoms with Crippen LogP contribution in [0.2, 0.25) is 0 Å². The molecule has 0 aromatic heterocycles. The van der Waals surface area contributed by atoms with Crippen LogP contribution < -0.4 is 5.73 Å². The minimum absolute atomic E-state index is 0.0158. The van der Waals surface area contributed by atoms with E-state index in [2.05, 4.69) is 0 Å². The molecule has 0 heterocycles. The molecule has 13 heavy (non-hydrogen) atoms. The van der Waals surface area contributed by atoms with Crippen LogP contribution in [0.3, 0.4) is 0 Å². The Kier molecular flexibility index (Phi) is 6.54. The largest absolute Gasteiger partial charge is 0.383 e. The zero-order valence-corrected chi connectivity index (χ0v) is 8.75. The number of carbonyl (C=O) groups is 1. The molecule has 0 aromatic carbocycles. The Bertz CT molecular complexity index is 151. The van der Waals surface area contributed by atoms with Gasteiger partial charge in [0.2, 0.25) is 5.91 Å². The second-order valence-corrected chi connectivity index (χ2v) is 2.93. The van der Waals surface area contributed by atoms with Crippen LogP contribution in [0.4, 0.5) is 0 Å². The topological polar surface area (TPSA) is 55.6 Å². The highest BCUT2D eigenvalue weighted by Crippen LogP contribution is 1.96. The first-order valence-electron chi connectivity index (χ1n) is 4.70. The minimum Gasteiger partial charge on any atom is -0.383 e. The molecule has 0 radical (unpaired) electrons. The molecule has 0 saturated heterocycles. The summed E-state index contributed by atoms with van der Waals surface area (Å²) >= 11 is 0. The van der Waals surface area contributed by atoms with Gasteiger partial charge in [-0.25, -0.2) is 0 Å². The third-order valence-corrected chi connectivity index (χ3v) is 2.02. The van der Waals surface area contributed by atoms with E-state index in [-0.39, 0.29) is 11.9 Å². The van der Waals surface area contributed by atoms with E-state index in [0.717, 1.165) is 0 Å². The first kappa shape index (κ1) is 12.4. The van der Waals surface area contributed by atoms with Crippen LogP contribution in [0, 0.1) is 0 Å². The summed E-state index contributed by atoms with van der Waals surface area (Å²) in [6.07, 6.45) is 0.683. The molecule has 0 fully saturated rings. The third kappa shape index (κ3) is 4.24. The summed E-state index contributed by atoms with van der Waals surface area (Å²) < 4.78 is 4.90. The SMILES string of the molecule is CC[C@@H](N)C(=O)N(CC)CCOC. The zero-order valence-electron chi connectivity index (χ0n) is 8.75. The van der Waals surface area contributed by atoms with Crippen LogP contribution >= 0.6 is 0 Å². The Balaban J connectivity index is 3.98. The summed E-state index contributed by atoms with van der Waals surface area (Å²) in [4.78, 5) is 13.3. The van der Waals surface area contributed by atoms with Gasteiger partial charge in [-0.1, -0.05) is 6.92 Å². The van der Waals surface area contributed by atoms with E-state index in [1.807, 2.05) is 13.8 Å². The maximum Gasteiger partial charge on any atom is 0.239 e. The monoisotopic (exact) mass is 188 g/mol. The van der Waals surface area contributed by atoms with Crippen molar-refractivity contribution in [3.8, 4) is 0 Å².